The molecule has 0 saturated carbocycles. The minimum absolute atomic E-state index is 0.00586. The van der Waals surface area contributed by atoms with E-state index in [1.54, 1.807) is 30.0 Å². The first-order valence-corrected chi connectivity index (χ1v) is 7.22. The molecule has 1 N–H and O–H groups in total. The fourth-order valence-electron chi connectivity index (χ4n) is 2.26. The molecule has 1 fully saturated rings. The number of fused-ring (bicyclic) bond motifs is 1. The summed E-state index contributed by atoms with van der Waals surface area (Å²) < 4.78 is 1.34. The number of hydrogen-bond acceptors (Lipinski definition) is 3. The zero-order valence-corrected chi connectivity index (χ0v) is 11.1. The van der Waals surface area contributed by atoms with E-state index < -0.39 is 0 Å². The molecule has 2 heterocycles. The lowest BCUT2D eigenvalue weighted by molar-refractivity contribution is 0.519. The van der Waals surface area contributed by atoms with Gasteiger partial charge in [0.25, 0.3) is 5.56 Å². The smallest absolute Gasteiger partial charge is 0.307 e. The van der Waals surface area contributed by atoms with Crippen molar-refractivity contribution in [3.05, 3.63) is 44.1 Å². The van der Waals surface area contributed by atoms with Gasteiger partial charge in [0.15, 0.2) is 0 Å². The van der Waals surface area contributed by atoms with Crippen molar-refractivity contribution in [2.75, 3.05) is 11.5 Å². The molecule has 6 heteroatoms. The lowest BCUT2D eigenvalue weighted by Crippen LogP contribution is -2.38. The molecule has 0 amide bonds. The van der Waals surface area contributed by atoms with Gasteiger partial charge in [-0.15, -0.1) is 0 Å². The number of halogens is 1. The minimum atomic E-state index is -0.345. The summed E-state index contributed by atoms with van der Waals surface area (Å²) in [4.78, 5) is 27.1. The number of H-pyrrole nitrogens is 1. The second-order valence-corrected chi connectivity index (χ2v) is 5.90. The standard InChI is InChI=1S/C12H11ClN2O2S/c13-7-1-2-9-10(5-7)14-12(17)15(11(9)16)8-3-4-18-6-8/h1-2,5,8H,3-4,6H2,(H,14,17). The average molecular weight is 283 g/mol. The molecule has 4 nitrogen and oxygen atoms in total. The van der Waals surface area contributed by atoms with Crippen molar-refractivity contribution in [3.8, 4) is 0 Å². The Labute approximate surface area is 112 Å². The van der Waals surface area contributed by atoms with Crippen molar-refractivity contribution in [2.24, 2.45) is 0 Å². The highest BCUT2D eigenvalue weighted by atomic mass is 35.5. The molecule has 0 spiro atoms. The molecule has 1 aliphatic heterocycles. The maximum atomic E-state index is 12.3. The largest absolute Gasteiger partial charge is 0.329 e. The van der Waals surface area contributed by atoms with Gasteiger partial charge in [-0.1, -0.05) is 11.6 Å². The molecule has 0 aliphatic carbocycles. The fourth-order valence-corrected chi connectivity index (χ4v) is 3.63. The van der Waals surface area contributed by atoms with E-state index >= 15 is 0 Å². The maximum Gasteiger partial charge on any atom is 0.329 e. The number of rotatable bonds is 1. The number of nitrogens with zero attached hydrogens (tertiary/aromatic N) is 1. The molecule has 94 valence electrons. The molecular weight excluding hydrogens is 272 g/mol. The molecule has 0 radical (unpaired) electrons. The summed E-state index contributed by atoms with van der Waals surface area (Å²) in [7, 11) is 0. The van der Waals surface area contributed by atoms with Crippen LogP contribution in [0.3, 0.4) is 0 Å². The second-order valence-electron chi connectivity index (χ2n) is 4.31. The van der Waals surface area contributed by atoms with Crippen molar-refractivity contribution in [1.29, 1.82) is 0 Å². The SMILES string of the molecule is O=c1[nH]c2cc(Cl)ccc2c(=O)n1C1CCSC1. The predicted octanol–water partition coefficient (Wildman–Crippen LogP) is 2.02. The Hall–Kier alpha value is -1.20. The van der Waals surface area contributed by atoms with E-state index in [-0.39, 0.29) is 17.3 Å². The van der Waals surface area contributed by atoms with Crippen LogP contribution in [0.15, 0.2) is 27.8 Å². The van der Waals surface area contributed by atoms with Crippen LogP contribution < -0.4 is 11.2 Å². The van der Waals surface area contributed by atoms with E-state index in [9.17, 15) is 9.59 Å². The van der Waals surface area contributed by atoms with Crippen molar-refractivity contribution in [1.82, 2.24) is 9.55 Å². The molecule has 1 atom stereocenters. The number of thioether (sulfide) groups is 1. The average Bonchev–Trinajstić information content (AvgIpc) is 2.82. The van der Waals surface area contributed by atoms with Gasteiger partial charge in [-0.3, -0.25) is 9.36 Å². The molecule has 3 rings (SSSR count). The number of hydrogen-bond donors (Lipinski definition) is 1. The molecule has 18 heavy (non-hydrogen) atoms. The van der Waals surface area contributed by atoms with Gasteiger partial charge in [-0.25, -0.2) is 4.79 Å². The third-order valence-electron chi connectivity index (χ3n) is 3.16. The second kappa shape index (κ2) is 4.48. The topological polar surface area (TPSA) is 54.9 Å². The van der Waals surface area contributed by atoms with Gasteiger partial charge in [0.05, 0.1) is 16.9 Å². The maximum absolute atomic E-state index is 12.3. The normalized spacial score (nSPS) is 19.5. The highest BCUT2D eigenvalue weighted by molar-refractivity contribution is 7.99. The quantitative estimate of drug-likeness (QED) is 0.871. The number of aromatic amines is 1. The summed E-state index contributed by atoms with van der Waals surface area (Å²) in [5.74, 6) is 1.82. The molecule has 1 aromatic carbocycles. The Morgan fingerprint density at radius 2 is 2.22 bits per heavy atom. The van der Waals surface area contributed by atoms with Crippen molar-refractivity contribution < 1.29 is 0 Å². The van der Waals surface area contributed by atoms with Crippen LogP contribution in [0.4, 0.5) is 0 Å². The molecular formula is C12H11ClN2O2S. The van der Waals surface area contributed by atoms with Crippen LogP contribution in [-0.4, -0.2) is 21.1 Å². The van der Waals surface area contributed by atoms with Crippen LogP contribution in [-0.2, 0) is 0 Å². The number of benzene rings is 1. The van der Waals surface area contributed by atoms with E-state index in [4.69, 9.17) is 11.6 Å². The Bertz CT molecular complexity index is 716. The Morgan fingerprint density at radius 3 is 2.94 bits per heavy atom. The van der Waals surface area contributed by atoms with Crippen LogP contribution in [0.25, 0.3) is 10.9 Å². The van der Waals surface area contributed by atoms with Crippen molar-refractivity contribution in [3.63, 3.8) is 0 Å². The van der Waals surface area contributed by atoms with E-state index in [0.717, 1.165) is 17.9 Å². The van der Waals surface area contributed by atoms with Crippen LogP contribution in [0.5, 0.6) is 0 Å². The van der Waals surface area contributed by atoms with E-state index in [0.29, 0.717) is 15.9 Å². The van der Waals surface area contributed by atoms with E-state index in [2.05, 4.69) is 4.98 Å². The fraction of sp³-hybridized carbons (Fsp3) is 0.333. The van der Waals surface area contributed by atoms with Gasteiger partial charge in [0.2, 0.25) is 0 Å². The number of aromatic nitrogens is 2. The highest BCUT2D eigenvalue weighted by Crippen LogP contribution is 2.25. The van der Waals surface area contributed by atoms with E-state index in [1.807, 2.05) is 0 Å². The lowest BCUT2D eigenvalue weighted by atomic mass is 10.2. The third kappa shape index (κ3) is 1.87. The number of nitrogens with one attached hydrogen (secondary N) is 1. The predicted molar refractivity (Wildman–Crippen MR) is 74.8 cm³/mol. The lowest BCUT2D eigenvalue weighted by Gasteiger charge is -2.12. The molecule has 1 saturated heterocycles. The van der Waals surface area contributed by atoms with Gasteiger partial charge in [-0.2, -0.15) is 11.8 Å². The third-order valence-corrected chi connectivity index (χ3v) is 4.54. The van der Waals surface area contributed by atoms with Crippen LogP contribution in [0.2, 0.25) is 5.02 Å². The Morgan fingerprint density at radius 1 is 1.39 bits per heavy atom. The van der Waals surface area contributed by atoms with Crippen molar-refractivity contribution >= 4 is 34.3 Å². The Kier molecular flexibility index (Phi) is 2.95. The summed E-state index contributed by atoms with van der Waals surface area (Å²) >= 11 is 7.62. The van der Waals surface area contributed by atoms with Crippen LogP contribution >= 0.6 is 23.4 Å². The zero-order valence-electron chi connectivity index (χ0n) is 9.48. The molecule has 0 bridgehead atoms. The first-order valence-electron chi connectivity index (χ1n) is 5.68. The zero-order chi connectivity index (χ0) is 12.7. The van der Waals surface area contributed by atoms with Gasteiger partial charge in [-0.05, 0) is 30.4 Å². The van der Waals surface area contributed by atoms with Gasteiger partial charge in [0, 0.05) is 10.8 Å². The highest BCUT2D eigenvalue weighted by Gasteiger charge is 2.21. The van der Waals surface area contributed by atoms with E-state index in [1.165, 1.54) is 4.57 Å². The van der Waals surface area contributed by atoms with Gasteiger partial charge in [0.1, 0.15) is 0 Å². The monoisotopic (exact) mass is 282 g/mol. The van der Waals surface area contributed by atoms with Crippen LogP contribution in [0.1, 0.15) is 12.5 Å². The van der Waals surface area contributed by atoms with Crippen LogP contribution in [0, 0.1) is 0 Å². The molecule has 2 aromatic rings. The first kappa shape index (κ1) is 11.9. The summed E-state index contributed by atoms with van der Waals surface area (Å²) in [6, 6.07) is 4.94. The molecule has 1 aromatic heterocycles. The Balaban J connectivity index is 2.30. The van der Waals surface area contributed by atoms with Gasteiger partial charge < -0.3 is 4.98 Å². The first-order chi connectivity index (χ1) is 8.66. The molecule has 1 unspecified atom stereocenters. The van der Waals surface area contributed by atoms with Crippen molar-refractivity contribution in [2.45, 2.75) is 12.5 Å². The molecule has 1 aliphatic rings. The summed E-state index contributed by atoms with van der Waals surface area (Å²) in [5, 5.41) is 1.02. The minimum Gasteiger partial charge on any atom is -0.307 e. The summed E-state index contributed by atoms with van der Waals surface area (Å²) in [6.07, 6.45) is 0.868. The van der Waals surface area contributed by atoms with Gasteiger partial charge >= 0.3 is 5.69 Å². The summed E-state index contributed by atoms with van der Waals surface area (Å²) in [5.41, 5.74) is -0.0698. The summed E-state index contributed by atoms with van der Waals surface area (Å²) in [6.45, 7) is 0.